The zero-order valence-electron chi connectivity index (χ0n) is 9.98. The highest BCUT2D eigenvalue weighted by Crippen LogP contribution is 2.22. The monoisotopic (exact) mass is 390 g/mol. The Morgan fingerprint density at radius 1 is 1.44 bits per heavy atom. The van der Waals surface area contributed by atoms with Gasteiger partial charge in [-0.05, 0) is 54.9 Å². The minimum atomic E-state index is 0.0190. The van der Waals surface area contributed by atoms with Crippen molar-refractivity contribution in [2.45, 2.75) is 6.54 Å². The lowest BCUT2D eigenvalue weighted by Gasteiger charge is -2.16. The van der Waals surface area contributed by atoms with Crippen LogP contribution in [0.5, 0.6) is 0 Å². The summed E-state index contributed by atoms with van der Waals surface area (Å²) in [6.45, 7) is 0.615. The summed E-state index contributed by atoms with van der Waals surface area (Å²) < 4.78 is 3.83. The number of nitrogens with zero attached hydrogens (tertiary/aromatic N) is 2. The molecule has 0 atom stereocenters. The second kappa shape index (κ2) is 5.59. The highest BCUT2D eigenvalue weighted by molar-refractivity contribution is 9.11. The number of carbonyl (C=O) groups excluding carboxylic acids is 1. The molecule has 0 radical (unpaired) electrons. The predicted octanol–water partition coefficient (Wildman–Crippen LogP) is 3.88. The predicted molar refractivity (Wildman–Crippen MR) is 80.9 cm³/mol. The van der Waals surface area contributed by atoms with E-state index in [2.05, 4.69) is 37.2 Å². The number of halogens is 2. The molecule has 0 unspecified atom stereocenters. The van der Waals surface area contributed by atoms with Gasteiger partial charge in [0.15, 0.2) is 0 Å². The Hall–Kier alpha value is -0.590. The molecule has 2 heterocycles. The van der Waals surface area contributed by atoms with Crippen molar-refractivity contribution in [3.05, 3.63) is 43.2 Å². The second-order valence-corrected chi connectivity index (χ2v) is 7.28. The summed E-state index contributed by atoms with van der Waals surface area (Å²) in [5.74, 6) is 0.0190. The molecule has 0 aliphatic heterocycles. The summed E-state index contributed by atoms with van der Waals surface area (Å²) in [5, 5.41) is 2.05. The van der Waals surface area contributed by atoms with Crippen molar-refractivity contribution in [1.29, 1.82) is 0 Å². The fourth-order valence-electron chi connectivity index (χ4n) is 1.71. The van der Waals surface area contributed by atoms with Gasteiger partial charge in [0.1, 0.15) is 5.69 Å². The summed E-state index contributed by atoms with van der Waals surface area (Å²) in [7, 11) is 3.68. The average molecular weight is 392 g/mol. The average Bonchev–Trinajstić information content (AvgIpc) is 2.84. The first kappa shape index (κ1) is 13.8. The Kier molecular flexibility index (Phi) is 4.29. The van der Waals surface area contributed by atoms with Crippen molar-refractivity contribution in [2.75, 3.05) is 7.05 Å². The number of hydrogen-bond acceptors (Lipinski definition) is 2. The molecule has 1 amide bonds. The maximum absolute atomic E-state index is 12.3. The Morgan fingerprint density at radius 3 is 2.67 bits per heavy atom. The van der Waals surface area contributed by atoms with E-state index in [-0.39, 0.29) is 5.91 Å². The van der Waals surface area contributed by atoms with Gasteiger partial charge in [0.2, 0.25) is 0 Å². The molecule has 18 heavy (non-hydrogen) atoms. The van der Waals surface area contributed by atoms with E-state index in [1.54, 1.807) is 16.2 Å². The maximum Gasteiger partial charge on any atom is 0.270 e. The van der Waals surface area contributed by atoms with Crippen LogP contribution < -0.4 is 0 Å². The molecule has 0 fully saturated rings. The quantitative estimate of drug-likeness (QED) is 0.779. The molecule has 0 aromatic carbocycles. The van der Waals surface area contributed by atoms with Crippen LogP contribution >= 0.6 is 43.2 Å². The van der Waals surface area contributed by atoms with Crippen LogP contribution in [0, 0.1) is 0 Å². The van der Waals surface area contributed by atoms with Gasteiger partial charge in [0, 0.05) is 31.3 Å². The largest absolute Gasteiger partial charge is 0.345 e. The smallest absolute Gasteiger partial charge is 0.270 e. The molecule has 2 aromatic rings. The standard InChI is InChI=1S/C12H12Br2N2OS/c1-15-6-9(13)4-10(15)12(17)16(2)5-8-3-11(14)18-7-8/h3-4,6-7H,5H2,1-2H3. The van der Waals surface area contributed by atoms with Crippen molar-refractivity contribution in [3.63, 3.8) is 0 Å². The normalized spacial score (nSPS) is 10.7. The van der Waals surface area contributed by atoms with E-state index in [1.165, 1.54) is 0 Å². The molecular weight excluding hydrogens is 380 g/mol. The lowest BCUT2D eigenvalue weighted by Crippen LogP contribution is -2.27. The Labute approximate surface area is 127 Å². The maximum atomic E-state index is 12.3. The molecule has 0 saturated carbocycles. The topological polar surface area (TPSA) is 25.2 Å². The second-order valence-electron chi connectivity index (χ2n) is 4.07. The Morgan fingerprint density at radius 2 is 2.17 bits per heavy atom. The van der Waals surface area contributed by atoms with E-state index in [0.29, 0.717) is 12.2 Å². The molecule has 0 aliphatic carbocycles. The van der Waals surface area contributed by atoms with Crippen LogP contribution in [-0.4, -0.2) is 22.4 Å². The number of aromatic nitrogens is 1. The molecule has 0 spiro atoms. The lowest BCUT2D eigenvalue weighted by atomic mass is 10.3. The van der Waals surface area contributed by atoms with E-state index in [9.17, 15) is 4.79 Å². The summed E-state index contributed by atoms with van der Waals surface area (Å²) in [4.78, 5) is 14.0. The number of rotatable bonds is 3. The summed E-state index contributed by atoms with van der Waals surface area (Å²) >= 11 is 8.43. The van der Waals surface area contributed by atoms with Crippen molar-refractivity contribution in [1.82, 2.24) is 9.47 Å². The molecule has 2 aromatic heterocycles. The van der Waals surface area contributed by atoms with Crippen molar-refractivity contribution >= 4 is 49.1 Å². The van der Waals surface area contributed by atoms with Gasteiger partial charge in [-0.1, -0.05) is 0 Å². The third-order valence-electron chi connectivity index (χ3n) is 2.58. The van der Waals surface area contributed by atoms with Crippen molar-refractivity contribution in [2.24, 2.45) is 7.05 Å². The summed E-state index contributed by atoms with van der Waals surface area (Å²) in [6.07, 6.45) is 1.88. The molecule has 0 saturated heterocycles. The van der Waals surface area contributed by atoms with Crippen LogP contribution in [-0.2, 0) is 13.6 Å². The van der Waals surface area contributed by atoms with Crippen molar-refractivity contribution in [3.8, 4) is 0 Å². The Balaban J connectivity index is 2.11. The first-order valence-corrected chi connectivity index (χ1v) is 7.74. The van der Waals surface area contributed by atoms with Gasteiger partial charge in [0.25, 0.3) is 5.91 Å². The van der Waals surface area contributed by atoms with Gasteiger partial charge < -0.3 is 9.47 Å². The molecule has 6 heteroatoms. The van der Waals surface area contributed by atoms with Crippen LogP contribution in [0.3, 0.4) is 0 Å². The van der Waals surface area contributed by atoms with Crippen LogP contribution in [0.1, 0.15) is 16.1 Å². The summed E-state index contributed by atoms with van der Waals surface area (Å²) in [5.41, 5.74) is 1.81. The van der Waals surface area contributed by atoms with Gasteiger partial charge in [-0.2, -0.15) is 0 Å². The SMILES string of the molecule is CN(Cc1csc(Br)c1)C(=O)c1cc(Br)cn1C. The van der Waals surface area contributed by atoms with Crippen LogP contribution in [0.2, 0.25) is 0 Å². The molecule has 3 nitrogen and oxygen atoms in total. The van der Waals surface area contributed by atoms with E-state index in [0.717, 1.165) is 13.8 Å². The lowest BCUT2D eigenvalue weighted by molar-refractivity contribution is 0.0776. The van der Waals surface area contributed by atoms with Crippen LogP contribution in [0.4, 0.5) is 0 Å². The van der Waals surface area contributed by atoms with E-state index < -0.39 is 0 Å². The van der Waals surface area contributed by atoms with E-state index >= 15 is 0 Å². The number of hydrogen-bond donors (Lipinski definition) is 0. The highest BCUT2D eigenvalue weighted by Gasteiger charge is 2.16. The zero-order valence-corrected chi connectivity index (χ0v) is 14.0. The minimum Gasteiger partial charge on any atom is -0.345 e. The third-order valence-corrected chi connectivity index (χ3v) is 4.57. The molecule has 0 aliphatic rings. The molecular formula is C12H12Br2N2OS. The van der Waals surface area contributed by atoms with Crippen molar-refractivity contribution < 1.29 is 4.79 Å². The van der Waals surface area contributed by atoms with E-state index in [1.807, 2.05) is 37.0 Å². The number of amides is 1. The fourth-order valence-corrected chi connectivity index (χ4v) is 3.43. The van der Waals surface area contributed by atoms with Gasteiger partial charge in [0.05, 0.1) is 3.79 Å². The van der Waals surface area contributed by atoms with Gasteiger partial charge >= 0.3 is 0 Å². The first-order valence-electron chi connectivity index (χ1n) is 5.27. The number of thiophene rings is 1. The first-order chi connectivity index (χ1) is 8.47. The number of aryl methyl sites for hydroxylation is 1. The third kappa shape index (κ3) is 3.05. The van der Waals surface area contributed by atoms with Gasteiger partial charge in [-0.15, -0.1) is 11.3 Å². The van der Waals surface area contributed by atoms with Crippen LogP contribution in [0.25, 0.3) is 0 Å². The number of carbonyl (C=O) groups is 1. The van der Waals surface area contributed by atoms with Crippen LogP contribution in [0.15, 0.2) is 32.0 Å². The van der Waals surface area contributed by atoms with E-state index in [4.69, 9.17) is 0 Å². The van der Waals surface area contributed by atoms with Gasteiger partial charge in [-0.25, -0.2) is 0 Å². The molecule has 0 N–H and O–H groups in total. The highest BCUT2D eigenvalue weighted by atomic mass is 79.9. The minimum absolute atomic E-state index is 0.0190. The Bertz CT molecular complexity index is 576. The zero-order chi connectivity index (χ0) is 13.3. The molecule has 0 bridgehead atoms. The van der Waals surface area contributed by atoms with Gasteiger partial charge in [-0.3, -0.25) is 4.79 Å². The molecule has 2 rings (SSSR count). The fraction of sp³-hybridized carbons (Fsp3) is 0.250. The summed E-state index contributed by atoms with van der Waals surface area (Å²) in [6, 6.07) is 3.87. The molecule has 96 valence electrons.